The van der Waals surface area contributed by atoms with Crippen molar-refractivity contribution in [3.63, 3.8) is 0 Å². The van der Waals surface area contributed by atoms with Gasteiger partial charge in [0.05, 0.1) is 16.9 Å². The van der Waals surface area contributed by atoms with E-state index in [4.69, 9.17) is 11.6 Å². The fourth-order valence-electron chi connectivity index (χ4n) is 3.18. The van der Waals surface area contributed by atoms with E-state index in [1.54, 1.807) is 29.5 Å². The molecule has 0 aliphatic carbocycles. The van der Waals surface area contributed by atoms with Crippen molar-refractivity contribution in [3.05, 3.63) is 53.6 Å². The molecule has 0 spiro atoms. The number of piperazine rings is 1. The highest BCUT2D eigenvalue weighted by Gasteiger charge is 2.15. The van der Waals surface area contributed by atoms with Crippen molar-refractivity contribution in [2.45, 2.75) is 6.92 Å². The van der Waals surface area contributed by atoms with E-state index in [0.717, 1.165) is 37.6 Å². The molecule has 0 atom stereocenters. The van der Waals surface area contributed by atoms with Crippen LogP contribution in [0.4, 0.5) is 17.3 Å². The molecular weight excluding hydrogens is 362 g/mol. The summed E-state index contributed by atoms with van der Waals surface area (Å²) in [5.41, 5.74) is 4.17. The van der Waals surface area contributed by atoms with E-state index in [1.165, 1.54) is 11.3 Å². The maximum atomic E-state index is 6.00. The Balaban J connectivity index is 0.00000225. The Morgan fingerprint density at radius 1 is 1.04 bits per heavy atom. The molecule has 0 unspecified atom stereocenters. The van der Waals surface area contributed by atoms with Gasteiger partial charge in [-0.2, -0.15) is 4.98 Å². The van der Waals surface area contributed by atoms with E-state index in [0.29, 0.717) is 11.0 Å². The first kappa shape index (κ1) is 17.8. The highest BCUT2D eigenvalue weighted by atomic mass is 35.5. The molecule has 1 aliphatic rings. The third kappa shape index (κ3) is 4.20. The molecular formula is C19H24ClN7. The normalized spacial score (nSPS) is 15.1. The Labute approximate surface area is 165 Å². The van der Waals surface area contributed by atoms with E-state index >= 15 is 0 Å². The summed E-state index contributed by atoms with van der Waals surface area (Å²) in [6.45, 7) is 6.34. The van der Waals surface area contributed by atoms with Gasteiger partial charge in [0.15, 0.2) is 0 Å². The topological polar surface area (TPSA) is 62.1 Å². The molecule has 0 saturated carbocycles. The number of nitrogens with zero attached hydrogens (tertiary/aromatic N) is 6. The molecule has 1 aliphatic heterocycles. The summed E-state index contributed by atoms with van der Waals surface area (Å²) in [5.74, 6) is 0.532. The zero-order valence-electron chi connectivity index (χ0n) is 15.4. The second-order valence-corrected chi connectivity index (χ2v) is 7.28. The molecule has 142 valence electrons. The average Bonchev–Trinajstić information content (AvgIpc) is 3.10. The second kappa shape index (κ2) is 7.54. The molecule has 0 radical (unpaired) electrons. The zero-order valence-corrected chi connectivity index (χ0v) is 16.2. The number of anilines is 3. The van der Waals surface area contributed by atoms with Gasteiger partial charge in [0.1, 0.15) is 6.33 Å². The van der Waals surface area contributed by atoms with Crippen LogP contribution in [0.15, 0.2) is 43.0 Å². The molecule has 7 nitrogen and oxygen atoms in total. The SMILES string of the molecule is Cc1cc(Nc2ncn(-c3cncc(Cl)c3)n2)cc(N2CCN(C)CC2)c1.[HH]. The summed E-state index contributed by atoms with van der Waals surface area (Å²) in [4.78, 5) is 13.2. The molecule has 27 heavy (non-hydrogen) atoms. The van der Waals surface area contributed by atoms with Gasteiger partial charge in [0.2, 0.25) is 5.95 Å². The molecule has 1 saturated heterocycles. The van der Waals surface area contributed by atoms with Crippen molar-refractivity contribution in [1.82, 2.24) is 24.6 Å². The minimum Gasteiger partial charge on any atom is -0.369 e. The van der Waals surface area contributed by atoms with E-state index in [-0.39, 0.29) is 1.43 Å². The summed E-state index contributed by atoms with van der Waals surface area (Å²) < 4.78 is 1.65. The first-order valence-corrected chi connectivity index (χ1v) is 9.29. The van der Waals surface area contributed by atoms with Gasteiger partial charge in [0, 0.05) is 45.2 Å². The van der Waals surface area contributed by atoms with Crippen molar-refractivity contribution in [2.75, 3.05) is 43.4 Å². The molecule has 0 bridgehead atoms. The van der Waals surface area contributed by atoms with Gasteiger partial charge in [-0.3, -0.25) is 4.98 Å². The standard InChI is InChI=1S/C19H22ClN7.H2/c1-14-7-16(10-17(8-14)26-5-3-25(2)4-6-26)23-19-22-13-27(24-19)18-9-15(20)11-21-12-18;/h7-13H,3-6H2,1-2H3,(H,23,24);1H. The van der Waals surface area contributed by atoms with E-state index in [9.17, 15) is 0 Å². The second-order valence-electron chi connectivity index (χ2n) is 6.85. The van der Waals surface area contributed by atoms with Crippen LogP contribution in [0.25, 0.3) is 5.69 Å². The van der Waals surface area contributed by atoms with Crippen molar-refractivity contribution in [1.29, 1.82) is 0 Å². The van der Waals surface area contributed by atoms with Crippen molar-refractivity contribution >= 4 is 28.9 Å². The number of rotatable bonds is 4. The number of hydrogen-bond donors (Lipinski definition) is 1. The molecule has 3 heterocycles. The Bertz CT molecular complexity index is 938. The van der Waals surface area contributed by atoms with Crippen LogP contribution in [-0.4, -0.2) is 57.9 Å². The van der Waals surface area contributed by atoms with Gasteiger partial charge < -0.3 is 15.1 Å². The maximum Gasteiger partial charge on any atom is 0.246 e. The van der Waals surface area contributed by atoms with Gasteiger partial charge in [-0.05, 0) is 43.8 Å². The van der Waals surface area contributed by atoms with Crippen LogP contribution < -0.4 is 10.2 Å². The molecule has 1 N–H and O–H groups in total. The summed E-state index contributed by atoms with van der Waals surface area (Å²) in [5, 5.41) is 8.34. The Hall–Kier alpha value is -2.64. The molecule has 1 fully saturated rings. The van der Waals surface area contributed by atoms with E-state index in [1.807, 2.05) is 0 Å². The highest BCUT2D eigenvalue weighted by molar-refractivity contribution is 6.30. The van der Waals surface area contributed by atoms with Crippen LogP contribution in [0.5, 0.6) is 0 Å². The lowest BCUT2D eigenvalue weighted by atomic mass is 10.1. The Morgan fingerprint density at radius 2 is 1.85 bits per heavy atom. The fraction of sp³-hybridized carbons (Fsp3) is 0.316. The molecule has 4 rings (SSSR count). The Morgan fingerprint density at radius 3 is 2.63 bits per heavy atom. The molecule has 2 aromatic heterocycles. The number of hydrogen-bond acceptors (Lipinski definition) is 6. The van der Waals surface area contributed by atoms with Crippen LogP contribution in [0.3, 0.4) is 0 Å². The number of likely N-dealkylation sites (N-methyl/N-ethyl adjacent to an activating group) is 1. The number of halogens is 1. The highest BCUT2D eigenvalue weighted by Crippen LogP contribution is 2.25. The monoisotopic (exact) mass is 385 g/mol. The van der Waals surface area contributed by atoms with Crippen LogP contribution in [-0.2, 0) is 0 Å². The Kier molecular flexibility index (Phi) is 4.96. The van der Waals surface area contributed by atoms with Gasteiger partial charge in [-0.15, -0.1) is 5.10 Å². The zero-order chi connectivity index (χ0) is 18.8. The van der Waals surface area contributed by atoms with E-state index in [2.05, 4.69) is 62.4 Å². The maximum absolute atomic E-state index is 6.00. The third-order valence-corrected chi connectivity index (χ3v) is 4.84. The lowest BCUT2D eigenvalue weighted by molar-refractivity contribution is 0.313. The number of pyridine rings is 1. The van der Waals surface area contributed by atoms with Gasteiger partial charge in [0.25, 0.3) is 0 Å². The third-order valence-electron chi connectivity index (χ3n) is 4.63. The summed E-state index contributed by atoms with van der Waals surface area (Å²) >= 11 is 6.00. The predicted octanol–water partition coefficient (Wildman–Crippen LogP) is 3.37. The van der Waals surface area contributed by atoms with Crippen molar-refractivity contribution < 1.29 is 1.43 Å². The first-order chi connectivity index (χ1) is 13.1. The first-order valence-electron chi connectivity index (χ1n) is 8.92. The molecule has 8 heteroatoms. The van der Waals surface area contributed by atoms with E-state index < -0.39 is 0 Å². The number of nitrogens with one attached hydrogen (secondary N) is 1. The van der Waals surface area contributed by atoms with Crippen LogP contribution in [0.1, 0.15) is 6.99 Å². The number of aromatic nitrogens is 4. The van der Waals surface area contributed by atoms with Crippen LogP contribution in [0.2, 0.25) is 5.02 Å². The molecule has 3 aromatic rings. The van der Waals surface area contributed by atoms with Gasteiger partial charge >= 0.3 is 0 Å². The number of aryl methyl sites for hydroxylation is 1. The van der Waals surface area contributed by atoms with Crippen molar-refractivity contribution in [2.24, 2.45) is 0 Å². The number of benzene rings is 1. The van der Waals surface area contributed by atoms with Crippen molar-refractivity contribution in [3.8, 4) is 5.69 Å². The quantitative estimate of drug-likeness (QED) is 0.743. The van der Waals surface area contributed by atoms with Crippen LogP contribution >= 0.6 is 11.6 Å². The predicted molar refractivity (Wildman–Crippen MR) is 110 cm³/mol. The van der Waals surface area contributed by atoms with Gasteiger partial charge in [-0.1, -0.05) is 11.6 Å². The minimum atomic E-state index is 0. The summed E-state index contributed by atoms with van der Waals surface area (Å²) in [6.07, 6.45) is 4.93. The van der Waals surface area contributed by atoms with Crippen LogP contribution in [0, 0.1) is 6.92 Å². The molecule has 1 aromatic carbocycles. The smallest absolute Gasteiger partial charge is 0.246 e. The average molecular weight is 386 g/mol. The fourth-order valence-corrected chi connectivity index (χ4v) is 3.35. The lowest BCUT2D eigenvalue weighted by Crippen LogP contribution is -2.44. The minimum absolute atomic E-state index is 0. The van der Waals surface area contributed by atoms with Gasteiger partial charge in [-0.25, -0.2) is 4.68 Å². The largest absolute Gasteiger partial charge is 0.369 e. The summed E-state index contributed by atoms with van der Waals surface area (Å²) in [6, 6.07) is 8.27. The lowest BCUT2D eigenvalue weighted by Gasteiger charge is -2.34. The summed E-state index contributed by atoms with van der Waals surface area (Å²) in [7, 11) is 2.16. The molecule has 0 amide bonds.